The van der Waals surface area contributed by atoms with E-state index >= 15 is 0 Å². The minimum Gasteiger partial charge on any atom is -0.345 e. The summed E-state index contributed by atoms with van der Waals surface area (Å²) in [5.74, 6) is -0.551. The lowest BCUT2D eigenvalue weighted by Gasteiger charge is -2.20. The Balaban J connectivity index is 1.61. The highest BCUT2D eigenvalue weighted by Gasteiger charge is 2.18. The Bertz CT molecular complexity index is 1200. The summed E-state index contributed by atoms with van der Waals surface area (Å²) in [6.45, 7) is 1.30. The van der Waals surface area contributed by atoms with Crippen LogP contribution in [0.15, 0.2) is 83.8 Å². The molecule has 0 fully saturated rings. The van der Waals surface area contributed by atoms with Crippen molar-refractivity contribution in [2.45, 2.75) is 24.3 Å². The molecule has 9 heteroatoms. The predicted molar refractivity (Wildman–Crippen MR) is 128 cm³/mol. The zero-order valence-corrected chi connectivity index (χ0v) is 19.5. The highest BCUT2D eigenvalue weighted by atomic mass is 35.5. The van der Waals surface area contributed by atoms with E-state index < -0.39 is 16.1 Å². The topological polar surface area (TPSA) is 104 Å². The summed E-state index contributed by atoms with van der Waals surface area (Å²) in [5.41, 5.74) is 2.25. The highest BCUT2D eigenvalue weighted by molar-refractivity contribution is 7.89. The van der Waals surface area contributed by atoms with Gasteiger partial charge in [0.2, 0.25) is 21.8 Å². The molecule has 0 heterocycles. The van der Waals surface area contributed by atoms with Gasteiger partial charge in [0.15, 0.2) is 0 Å². The Kier molecular flexibility index (Phi) is 8.21. The number of nitrogens with one attached hydrogen (secondary N) is 3. The average molecular weight is 486 g/mol. The number of anilines is 1. The summed E-state index contributed by atoms with van der Waals surface area (Å²) in [4.78, 5) is 23.8. The fraction of sp³-hybridized carbons (Fsp3) is 0.167. The Morgan fingerprint density at radius 1 is 0.879 bits per heavy atom. The Labute approximate surface area is 198 Å². The van der Waals surface area contributed by atoms with Crippen molar-refractivity contribution in [1.82, 2.24) is 10.0 Å². The molecule has 33 heavy (non-hydrogen) atoms. The molecular weight excluding hydrogens is 462 g/mol. The van der Waals surface area contributed by atoms with E-state index in [1.54, 1.807) is 12.1 Å². The van der Waals surface area contributed by atoms with Gasteiger partial charge < -0.3 is 10.6 Å². The van der Waals surface area contributed by atoms with E-state index in [-0.39, 0.29) is 29.7 Å². The van der Waals surface area contributed by atoms with E-state index in [1.165, 1.54) is 31.2 Å². The minimum atomic E-state index is -3.80. The van der Waals surface area contributed by atoms with Gasteiger partial charge in [-0.25, -0.2) is 13.1 Å². The van der Waals surface area contributed by atoms with E-state index in [1.807, 2.05) is 42.5 Å². The maximum atomic E-state index is 12.6. The molecule has 0 spiro atoms. The molecule has 0 aliphatic rings. The third-order valence-electron chi connectivity index (χ3n) is 4.77. The molecule has 0 aliphatic carbocycles. The smallest absolute Gasteiger partial charge is 0.240 e. The van der Waals surface area contributed by atoms with E-state index in [2.05, 4.69) is 15.4 Å². The van der Waals surface area contributed by atoms with Gasteiger partial charge in [0, 0.05) is 30.6 Å². The number of carbonyl (C=O) groups excluding carboxylic acids is 2. The predicted octanol–water partition coefficient (Wildman–Crippen LogP) is 3.87. The van der Waals surface area contributed by atoms with Gasteiger partial charge in [0.1, 0.15) is 0 Å². The lowest BCUT2D eigenvalue weighted by atomic mass is 9.98. The van der Waals surface area contributed by atoms with Crippen LogP contribution in [0.1, 0.15) is 30.5 Å². The lowest BCUT2D eigenvalue weighted by molar-refractivity contribution is -0.121. The second kappa shape index (κ2) is 11.1. The largest absolute Gasteiger partial charge is 0.345 e. The van der Waals surface area contributed by atoms with Crippen LogP contribution in [0.25, 0.3) is 0 Å². The molecule has 0 saturated heterocycles. The fourth-order valence-electron chi connectivity index (χ4n) is 3.20. The standard InChI is InChI=1S/C24H24ClN3O4S/c1-17(29)27-21-11-13-22(14-12-21)33(31,32)26-16-15-23(30)28-24(18-5-3-2-4-6-18)19-7-9-20(25)10-8-19/h2-14,24,26H,15-16H2,1H3,(H,27,29)(H,28,30)/t24-/m1/s1. The van der Waals surface area contributed by atoms with Crippen LogP contribution in [0, 0.1) is 0 Å². The van der Waals surface area contributed by atoms with Crippen molar-refractivity contribution in [1.29, 1.82) is 0 Å². The molecule has 3 aromatic rings. The summed E-state index contributed by atoms with van der Waals surface area (Å²) in [6, 6.07) is 22.1. The van der Waals surface area contributed by atoms with Crippen molar-refractivity contribution < 1.29 is 18.0 Å². The zero-order chi connectivity index (χ0) is 23.8. The van der Waals surface area contributed by atoms with Crippen LogP contribution in [-0.2, 0) is 19.6 Å². The van der Waals surface area contributed by atoms with Crippen LogP contribution >= 0.6 is 11.6 Å². The van der Waals surface area contributed by atoms with Crippen LogP contribution < -0.4 is 15.4 Å². The monoisotopic (exact) mass is 485 g/mol. The second-order valence-corrected chi connectivity index (χ2v) is 9.52. The first-order valence-electron chi connectivity index (χ1n) is 10.2. The van der Waals surface area contributed by atoms with Crippen LogP contribution in [-0.4, -0.2) is 26.8 Å². The van der Waals surface area contributed by atoms with Gasteiger partial charge in [-0.1, -0.05) is 54.1 Å². The van der Waals surface area contributed by atoms with E-state index in [4.69, 9.17) is 11.6 Å². The van der Waals surface area contributed by atoms with Gasteiger partial charge >= 0.3 is 0 Å². The molecule has 3 rings (SSSR count). The summed E-state index contributed by atoms with van der Waals surface area (Å²) in [7, 11) is -3.80. The van der Waals surface area contributed by atoms with Crippen LogP contribution in [0.2, 0.25) is 5.02 Å². The Morgan fingerprint density at radius 3 is 2.09 bits per heavy atom. The molecule has 3 aromatic carbocycles. The number of hydrogen-bond donors (Lipinski definition) is 3. The van der Waals surface area contributed by atoms with Gasteiger partial charge in [0.25, 0.3) is 0 Å². The minimum absolute atomic E-state index is 0.0415. The highest BCUT2D eigenvalue weighted by Crippen LogP contribution is 2.23. The molecule has 0 aromatic heterocycles. The number of rotatable bonds is 9. The molecule has 0 bridgehead atoms. The summed E-state index contributed by atoms with van der Waals surface area (Å²) < 4.78 is 27.4. The van der Waals surface area contributed by atoms with Crippen molar-refractivity contribution in [2.75, 3.05) is 11.9 Å². The Hall–Kier alpha value is -3.20. The van der Waals surface area contributed by atoms with Gasteiger partial charge in [0.05, 0.1) is 10.9 Å². The molecule has 172 valence electrons. The average Bonchev–Trinajstić information content (AvgIpc) is 2.79. The molecule has 0 saturated carbocycles. The fourth-order valence-corrected chi connectivity index (χ4v) is 4.35. The first-order chi connectivity index (χ1) is 15.7. The van der Waals surface area contributed by atoms with Gasteiger partial charge in [-0.05, 0) is 47.5 Å². The van der Waals surface area contributed by atoms with Crippen molar-refractivity contribution in [3.05, 3.63) is 95.0 Å². The molecule has 7 nitrogen and oxygen atoms in total. The second-order valence-electron chi connectivity index (χ2n) is 7.32. The number of sulfonamides is 1. The molecule has 0 unspecified atom stereocenters. The summed E-state index contributed by atoms with van der Waals surface area (Å²) >= 11 is 5.99. The van der Waals surface area contributed by atoms with Crippen molar-refractivity contribution in [3.63, 3.8) is 0 Å². The van der Waals surface area contributed by atoms with Crippen LogP contribution in [0.4, 0.5) is 5.69 Å². The van der Waals surface area contributed by atoms with Crippen LogP contribution in [0.3, 0.4) is 0 Å². The molecule has 0 aliphatic heterocycles. The summed E-state index contributed by atoms with van der Waals surface area (Å²) in [5, 5.41) is 6.13. The third-order valence-corrected chi connectivity index (χ3v) is 6.50. The lowest BCUT2D eigenvalue weighted by Crippen LogP contribution is -2.33. The van der Waals surface area contributed by atoms with Crippen molar-refractivity contribution in [3.8, 4) is 0 Å². The first-order valence-corrected chi connectivity index (χ1v) is 12.1. The first kappa shape index (κ1) is 24.4. The Morgan fingerprint density at radius 2 is 1.48 bits per heavy atom. The van der Waals surface area contributed by atoms with Crippen molar-refractivity contribution in [2.24, 2.45) is 0 Å². The molecular formula is C24H24ClN3O4S. The zero-order valence-electron chi connectivity index (χ0n) is 17.9. The normalized spacial score (nSPS) is 12.1. The molecule has 3 N–H and O–H groups in total. The van der Waals surface area contributed by atoms with Gasteiger partial charge in [-0.3, -0.25) is 9.59 Å². The van der Waals surface area contributed by atoms with Crippen molar-refractivity contribution >= 4 is 39.1 Å². The summed E-state index contributed by atoms with van der Waals surface area (Å²) in [6.07, 6.45) is -0.0415. The SMILES string of the molecule is CC(=O)Nc1ccc(S(=O)(=O)NCCC(=O)N[C@H](c2ccccc2)c2ccc(Cl)cc2)cc1. The van der Waals surface area contributed by atoms with Crippen LogP contribution in [0.5, 0.6) is 0 Å². The van der Waals surface area contributed by atoms with Gasteiger partial charge in [-0.15, -0.1) is 0 Å². The molecule has 1 atom stereocenters. The van der Waals surface area contributed by atoms with Gasteiger partial charge in [-0.2, -0.15) is 0 Å². The number of amides is 2. The number of benzene rings is 3. The maximum absolute atomic E-state index is 12.6. The van der Waals surface area contributed by atoms with E-state index in [9.17, 15) is 18.0 Å². The van der Waals surface area contributed by atoms with E-state index in [0.717, 1.165) is 11.1 Å². The molecule has 2 amide bonds. The number of carbonyl (C=O) groups is 2. The van der Waals surface area contributed by atoms with E-state index in [0.29, 0.717) is 10.7 Å². The third kappa shape index (κ3) is 7.15. The number of halogens is 1. The quantitative estimate of drug-likeness (QED) is 0.428. The maximum Gasteiger partial charge on any atom is 0.240 e. The molecule has 0 radical (unpaired) electrons. The number of hydrogen-bond acceptors (Lipinski definition) is 4.